The predicted octanol–water partition coefficient (Wildman–Crippen LogP) is 2.40. The molecule has 1 aliphatic heterocycles. The van der Waals surface area contributed by atoms with E-state index in [9.17, 15) is 13.2 Å². The van der Waals surface area contributed by atoms with Gasteiger partial charge < -0.3 is 14.1 Å². The minimum atomic E-state index is -3.05. The van der Waals surface area contributed by atoms with Crippen molar-refractivity contribution >= 4 is 26.7 Å². The Bertz CT molecular complexity index is 884. The largest absolute Gasteiger partial charge is 0.497 e. The summed E-state index contributed by atoms with van der Waals surface area (Å²) in [6, 6.07) is 5.10. The molecule has 1 aromatic carbocycles. The Morgan fingerprint density at radius 1 is 1.42 bits per heavy atom. The molecule has 0 bridgehead atoms. The van der Waals surface area contributed by atoms with Gasteiger partial charge >= 0.3 is 0 Å². The fourth-order valence-corrected chi connectivity index (χ4v) is 4.98. The van der Waals surface area contributed by atoms with Gasteiger partial charge in [0.1, 0.15) is 11.3 Å². The molecule has 1 aliphatic rings. The molecule has 7 heteroatoms. The second-order valence-corrected chi connectivity index (χ2v) is 8.30. The molecule has 0 saturated carbocycles. The molecule has 2 aromatic rings. The molecule has 0 unspecified atom stereocenters. The molecule has 6 nitrogen and oxygen atoms in total. The average molecular weight is 351 g/mol. The number of rotatable bonds is 4. The van der Waals surface area contributed by atoms with Gasteiger partial charge in [-0.25, -0.2) is 8.42 Å². The molecule has 1 saturated heterocycles. The molecular weight excluding hydrogens is 330 g/mol. The lowest BCUT2D eigenvalue weighted by molar-refractivity contribution is 0.0677. The number of benzene rings is 1. The Kier molecular flexibility index (Phi) is 4.29. The van der Waals surface area contributed by atoms with Gasteiger partial charge in [-0.15, -0.1) is 0 Å². The van der Waals surface area contributed by atoms with Crippen LogP contribution < -0.4 is 4.74 Å². The molecule has 3 rings (SSSR count). The van der Waals surface area contributed by atoms with Crippen molar-refractivity contribution in [3.05, 3.63) is 29.5 Å². The van der Waals surface area contributed by atoms with Crippen molar-refractivity contribution in [3.8, 4) is 5.75 Å². The van der Waals surface area contributed by atoms with Crippen LogP contribution in [0.25, 0.3) is 11.0 Å². The topological polar surface area (TPSA) is 76.8 Å². The van der Waals surface area contributed by atoms with E-state index in [1.54, 1.807) is 24.1 Å². The standard InChI is InChI=1S/C17H21NO5S/c1-4-18(12-7-8-24(20,21)10-12)17(19)16-11(2)14-9-13(22-3)5-6-15(14)23-16/h5-6,9,12H,4,7-8,10H2,1-3H3/t12-/m1/s1. The van der Waals surface area contributed by atoms with Crippen LogP contribution in [0, 0.1) is 6.92 Å². The second kappa shape index (κ2) is 6.12. The smallest absolute Gasteiger partial charge is 0.290 e. The van der Waals surface area contributed by atoms with E-state index in [0.29, 0.717) is 24.3 Å². The van der Waals surface area contributed by atoms with Gasteiger partial charge in [-0.3, -0.25) is 4.79 Å². The molecular formula is C17H21NO5S. The number of carbonyl (C=O) groups is 1. The van der Waals surface area contributed by atoms with Crippen molar-refractivity contribution < 1.29 is 22.4 Å². The van der Waals surface area contributed by atoms with Crippen molar-refractivity contribution in [2.75, 3.05) is 25.2 Å². The van der Waals surface area contributed by atoms with Crippen LogP contribution in [0.3, 0.4) is 0 Å². The Morgan fingerprint density at radius 2 is 2.17 bits per heavy atom. The van der Waals surface area contributed by atoms with Crippen LogP contribution in [0.2, 0.25) is 0 Å². The summed E-state index contributed by atoms with van der Waals surface area (Å²) < 4.78 is 34.4. The molecule has 24 heavy (non-hydrogen) atoms. The second-order valence-electron chi connectivity index (χ2n) is 6.07. The summed E-state index contributed by atoms with van der Waals surface area (Å²) in [6.45, 7) is 4.13. The Labute approximate surface area is 141 Å². The summed E-state index contributed by atoms with van der Waals surface area (Å²) in [5.74, 6) is 0.869. The normalized spacial score (nSPS) is 19.5. The number of hydrogen-bond donors (Lipinski definition) is 0. The molecule has 1 aromatic heterocycles. The van der Waals surface area contributed by atoms with Crippen LogP contribution in [0.4, 0.5) is 0 Å². The molecule has 130 valence electrons. The van der Waals surface area contributed by atoms with Crippen LogP contribution in [0.5, 0.6) is 5.75 Å². The number of furan rings is 1. The lowest BCUT2D eigenvalue weighted by Crippen LogP contribution is -2.41. The summed E-state index contributed by atoms with van der Waals surface area (Å²) in [6.07, 6.45) is 0.481. The van der Waals surface area contributed by atoms with E-state index >= 15 is 0 Å². The van der Waals surface area contributed by atoms with Gasteiger partial charge in [-0.1, -0.05) is 0 Å². The Hall–Kier alpha value is -2.02. The zero-order valence-corrected chi connectivity index (χ0v) is 14.9. The maximum absolute atomic E-state index is 12.9. The van der Waals surface area contributed by atoms with Crippen molar-refractivity contribution in [3.63, 3.8) is 0 Å². The lowest BCUT2D eigenvalue weighted by atomic mass is 10.1. The van der Waals surface area contributed by atoms with Gasteiger partial charge in [0.2, 0.25) is 0 Å². The first-order valence-corrected chi connectivity index (χ1v) is 9.77. The number of hydrogen-bond acceptors (Lipinski definition) is 5. The fraction of sp³-hybridized carbons (Fsp3) is 0.471. The minimum Gasteiger partial charge on any atom is -0.497 e. The number of ether oxygens (including phenoxy) is 1. The zero-order valence-electron chi connectivity index (χ0n) is 14.0. The van der Waals surface area contributed by atoms with Crippen LogP contribution in [-0.2, 0) is 9.84 Å². The van der Waals surface area contributed by atoms with Crippen molar-refractivity contribution in [2.24, 2.45) is 0 Å². The van der Waals surface area contributed by atoms with Gasteiger partial charge in [0.25, 0.3) is 5.91 Å². The predicted molar refractivity (Wildman–Crippen MR) is 91.3 cm³/mol. The van der Waals surface area contributed by atoms with E-state index in [1.165, 1.54) is 0 Å². The number of amides is 1. The number of methoxy groups -OCH3 is 1. The highest BCUT2D eigenvalue weighted by atomic mass is 32.2. The van der Waals surface area contributed by atoms with E-state index in [2.05, 4.69) is 0 Å². The first kappa shape index (κ1) is 16.8. The number of carbonyl (C=O) groups excluding carboxylic acids is 1. The minimum absolute atomic E-state index is 0.0275. The number of aryl methyl sites for hydroxylation is 1. The molecule has 0 aliphatic carbocycles. The van der Waals surface area contributed by atoms with Crippen molar-refractivity contribution in [2.45, 2.75) is 26.3 Å². The van der Waals surface area contributed by atoms with Gasteiger partial charge in [-0.05, 0) is 38.5 Å². The van der Waals surface area contributed by atoms with E-state index in [4.69, 9.17) is 9.15 Å². The first-order valence-electron chi connectivity index (χ1n) is 7.95. The highest BCUT2D eigenvalue weighted by Crippen LogP contribution is 2.30. The lowest BCUT2D eigenvalue weighted by Gasteiger charge is -2.26. The van der Waals surface area contributed by atoms with Crippen LogP contribution >= 0.6 is 0 Å². The SMILES string of the molecule is CCN(C(=O)c1oc2ccc(OC)cc2c1C)[C@@H]1CCS(=O)(=O)C1. The molecule has 1 atom stereocenters. The van der Waals surface area contributed by atoms with Gasteiger partial charge in [0.15, 0.2) is 15.6 Å². The highest BCUT2D eigenvalue weighted by molar-refractivity contribution is 7.91. The van der Waals surface area contributed by atoms with E-state index in [0.717, 1.165) is 10.9 Å². The summed E-state index contributed by atoms with van der Waals surface area (Å²) in [5, 5.41) is 0.827. The molecule has 1 fully saturated rings. The van der Waals surface area contributed by atoms with Gasteiger partial charge in [0, 0.05) is 23.5 Å². The quantitative estimate of drug-likeness (QED) is 0.845. The number of fused-ring (bicyclic) bond motifs is 1. The van der Waals surface area contributed by atoms with Crippen molar-refractivity contribution in [1.29, 1.82) is 0 Å². The van der Waals surface area contributed by atoms with Gasteiger partial charge in [-0.2, -0.15) is 0 Å². The summed E-state index contributed by atoms with van der Waals surface area (Å²) in [4.78, 5) is 14.5. The van der Waals surface area contributed by atoms with E-state index < -0.39 is 9.84 Å². The first-order chi connectivity index (χ1) is 11.4. The van der Waals surface area contributed by atoms with E-state index in [-0.39, 0.29) is 29.2 Å². The van der Waals surface area contributed by atoms with Crippen LogP contribution in [0.15, 0.2) is 22.6 Å². The fourth-order valence-electron chi connectivity index (χ4n) is 3.25. The Balaban J connectivity index is 1.96. The van der Waals surface area contributed by atoms with Crippen LogP contribution in [-0.4, -0.2) is 50.4 Å². The van der Waals surface area contributed by atoms with Crippen LogP contribution in [0.1, 0.15) is 29.5 Å². The molecule has 1 amide bonds. The Morgan fingerprint density at radius 3 is 2.75 bits per heavy atom. The highest BCUT2D eigenvalue weighted by Gasteiger charge is 2.35. The average Bonchev–Trinajstić information content (AvgIpc) is 3.07. The monoisotopic (exact) mass is 351 g/mol. The maximum atomic E-state index is 12.9. The summed E-state index contributed by atoms with van der Waals surface area (Å²) >= 11 is 0. The van der Waals surface area contributed by atoms with Gasteiger partial charge in [0.05, 0.1) is 18.6 Å². The summed E-state index contributed by atoms with van der Waals surface area (Å²) in [7, 11) is -1.47. The number of nitrogens with zero attached hydrogens (tertiary/aromatic N) is 1. The summed E-state index contributed by atoms with van der Waals surface area (Å²) in [5.41, 5.74) is 1.36. The molecule has 0 radical (unpaired) electrons. The molecule has 0 N–H and O–H groups in total. The third-order valence-corrected chi connectivity index (χ3v) is 6.34. The maximum Gasteiger partial charge on any atom is 0.290 e. The third kappa shape index (κ3) is 2.88. The zero-order chi connectivity index (χ0) is 17.5. The van der Waals surface area contributed by atoms with Crippen molar-refractivity contribution in [1.82, 2.24) is 4.90 Å². The third-order valence-electron chi connectivity index (χ3n) is 4.59. The molecule has 2 heterocycles. The molecule has 0 spiro atoms. The number of sulfone groups is 1. The van der Waals surface area contributed by atoms with E-state index in [1.807, 2.05) is 19.9 Å².